The van der Waals surface area contributed by atoms with Crippen molar-refractivity contribution in [3.8, 4) is 0 Å². The summed E-state index contributed by atoms with van der Waals surface area (Å²) in [6.45, 7) is 4.80. The van der Waals surface area contributed by atoms with E-state index < -0.39 is 83.9 Å². The summed E-state index contributed by atoms with van der Waals surface area (Å²) in [6, 6.07) is 21.4. The highest BCUT2D eigenvalue weighted by Gasteiger charge is 2.36. The number of hydrogen-bond acceptors (Lipinski definition) is 9. The number of esters is 1. The number of ether oxygens (including phenoxy) is 1. The molecule has 0 heterocycles. The largest absolute Gasteiger partial charge is 0.481 e. The number of carbonyl (C=O) groups is 8. The molecule has 1 aliphatic rings. The van der Waals surface area contributed by atoms with Crippen LogP contribution < -0.4 is 26.6 Å². The summed E-state index contributed by atoms with van der Waals surface area (Å²) in [5.74, 6) is -7.67. The number of aliphatic carboxylic acids is 1. The second kappa shape index (κ2) is 25.5. The number of nitrogens with one attached hydrogen (secondary N) is 5. The van der Waals surface area contributed by atoms with Crippen LogP contribution in [0, 0.1) is 11.8 Å². The first-order chi connectivity index (χ1) is 30.3. The summed E-state index contributed by atoms with van der Waals surface area (Å²) in [6.07, 6.45) is 4.58. The first-order valence-corrected chi connectivity index (χ1v) is 21.8. The third-order valence-corrected chi connectivity index (χ3v) is 11.0. The van der Waals surface area contributed by atoms with Gasteiger partial charge in [-0.15, -0.1) is 0 Å². The molecule has 0 aliphatic heterocycles. The molecule has 6 N–H and O–H groups in total. The Morgan fingerprint density at radius 2 is 1.27 bits per heavy atom. The topological polar surface area (TPSA) is 226 Å². The quantitative estimate of drug-likeness (QED) is 0.0533. The Hall–Kier alpha value is -6.38. The molecular formula is C48H61N5O10. The van der Waals surface area contributed by atoms with Gasteiger partial charge in [0.05, 0.1) is 18.5 Å². The summed E-state index contributed by atoms with van der Waals surface area (Å²) in [5.41, 5.74) is 1.76. The van der Waals surface area contributed by atoms with E-state index >= 15 is 0 Å². The van der Waals surface area contributed by atoms with Crippen molar-refractivity contribution in [2.45, 2.75) is 122 Å². The lowest BCUT2D eigenvalue weighted by Crippen LogP contribution is -2.58. The van der Waals surface area contributed by atoms with E-state index in [1.807, 2.05) is 19.9 Å². The normalized spacial score (nSPS) is 15.0. The van der Waals surface area contributed by atoms with E-state index in [0.717, 1.165) is 24.8 Å². The molecule has 0 aromatic heterocycles. The summed E-state index contributed by atoms with van der Waals surface area (Å²) < 4.78 is 5.47. The summed E-state index contributed by atoms with van der Waals surface area (Å²) in [4.78, 5) is 106. The average molecular weight is 868 g/mol. The number of Topliss-reactive ketones (excluding diaryl/α,β-unsaturated/α-hetero) is 1. The Morgan fingerprint density at radius 3 is 1.86 bits per heavy atom. The Morgan fingerprint density at radius 1 is 0.683 bits per heavy atom. The summed E-state index contributed by atoms with van der Waals surface area (Å²) >= 11 is 0. The molecule has 0 spiro atoms. The molecule has 2 unspecified atom stereocenters. The third-order valence-electron chi connectivity index (χ3n) is 11.0. The van der Waals surface area contributed by atoms with E-state index in [1.54, 1.807) is 91.9 Å². The highest BCUT2D eigenvalue weighted by Crippen LogP contribution is 2.28. The maximum atomic E-state index is 14.1. The molecule has 3 aromatic carbocycles. The van der Waals surface area contributed by atoms with Crippen molar-refractivity contribution in [1.29, 1.82) is 0 Å². The fourth-order valence-electron chi connectivity index (χ4n) is 7.65. The first-order valence-electron chi connectivity index (χ1n) is 21.8. The Balaban J connectivity index is 1.39. The van der Waals surface area contributed by atoms with Crippen molar-refractivity contribution in [1.82, 2.24) is 26.6 Å². The van der Waals surface area contributed by atoms with Crippen LogP contribution >= 0.6 is 0 Å². The van der Waals surface area contributed by atoms with Gasteiger partial charge < -0.3 is 36.4 Å². The van der Waals surface area contributed by atoms with Gasteiger partial charge in [-0.25, -0.2) is 4.79 Å². The van der Waals surface area contributed by atoms with Crippen LogP contribution in [0.15, 0.2) is 91.0 Å². The molecule has 15 nitrogen and oxygen atoms in total. The zero-order chi connectivity index (χ0) is 45.7. The molecule has 0 bridgehead atoms. The number of carbonyl (C=O) groups excluding carboxylic acids is 7. The minimum absolute atomic E-state index is 0.0195. The van der Waals surface area contributed by atoms with Crippen molar-refractivity contribution in [3.63, 3.8) is 0 Å². The smallest absolute Gasteiger partial charge is 0.333 e. The first kappa shape index (κ1) is 49.3. The number of rotatable bonds is 24. The minimum atomic E-state index is -1.29. The lowest BCUT2D eigenvalue weighted by Gasteiger charge is -2.32. The van der Waals surface area contributed by atoms with E-state index in [1.165, 1.54) is 0 Å². The molecule has 0 saturated heterocycles. The second-order valence-corrected chi connectivity index (χ2v) is 16.4. The van der Waals surface area contributed by atoms with Crippen LogP contribution in [-0.4, -0.2) is 77.0 Å². The van der Waals surface area contributed by atoms with E-state index in [2.05, 4.69) is 26.6 Å². The van der Waals surface area contributed by atoms with Crippen molar-refractivity contribution in [2.75, 3.05) is 6.54 Å². The predicted molar refractivity (Wildman–Crippen MR) is 234 cm³/mol. The van der Waals surface area contributed by atoms with Crippen LogP contribution in [0.5, 0.6) is 0 Å². The van der Waals surface area contributed by atoms with E-state index in [4.69, 9.17) is 4.74 Å². The number of ketones is 1. The molecule has 63 heavy (non-hydrogen) atoms. The monoisotopic (exact) mass is 867 g/mol. The third kappa shape index (κ3) is 16.1. The van der Waals surface area contributed by atoms with Crippen LogP contribution in [0.1, 0.15) is 114 Å². The van der Waals surface area contributed by atoms with E-state index in [9.17, 15) is 43.5 Å². The Bertz CT molecular complexity index is 1990. The van der Waals surface area contributed by atoms with Gasteiger partial charge in [0.25, 0.3) is 5.91 Å². The van der Waals surface area contributed by atoms with Crippen LogP contribution in [0.4, 0.5) is 0 Å². The molecule has 4 rings (SSSR count). The number of carboxylic acid groups (broad SMARTS) is 1. The molecule has 5 atom stereocenters. The molecule has 5 amide bonds. The van der Waals surface area contributed by atoms with Crippen LogP contribution in [0.3, 0.4) is 0 Å². The number of carboxylic acids is 1. The zero-order valence-electron chi connectivity index (χ0n) is 36.3. The van der Waals surface area contributed by atoms with Crippen LogP contribution in [0.2, 0.25) is 0 Å². The molecule has 1 aliphatic carbocycles. The van der Waals surface area contributed by atoms with Gasteiger partial charge in [0.2, 0.25) is 29.4 Å². The SMILES string of the molecule is CCCC(NC(=O)[C@H](CC(C)C)NC(=O)[C@@H](NC(=O)CCC(C(=O)O)c1ccccc1)C1CCCCC1)C(=O)C(=O)NCC(=O)N[C@H](C(=O)OCc1ccccc1)c1ccccc1. The van der Waals surface area contributed by atoms with Crippen molar-refractivity contribution in [3.05, 3.63) is 108 Å². The highest BCUT2D eigenvalue weighted by atomic mass is 16.5. The van der Waals surface area contributed by atoms with Gasteiger partial charge in [0.1, 0.15) is 18.7 Å². The van der Waals surface area contributed by atoms with Crippen LogP contribution in [0.25, 0.3) is 0 Å². The lowest BCUT2D eigenvalue weighted by atomic mass is 9.83. The lowest BCUT2D eigenvalue weighted by molar-refractivity contribution is -0.149. The fraction of sp³-hybridized carbons (Fsp3) is 0.458. The average Bonchev–Trinajstić information content (AvgIpc) is 3.28. The maximum Gasteiger partial charge on any atom is 0.333 e. The van der Waals surface area contributed by atoms with Gasteiger partial charge in [-0.1, -0.05) is 137 Å². The molecule has 15 heteroatoms. The molecular weight excluding hydrogens is 807 g/mol. The number of hydrogen-bond donors (Lipinski definition) is 6. The standard InChI is InChI=1S/C48H61N5O10/c1-4-17-37(43(56)46(59)49-29-40(55)53-42(35-24-15-8-16-25-35)48(62)63-30-32-18-9-5-10-19-32)50-44(57)38(28-31(2)3)51-45(58)41(34-22-13-7-14-23-34)52-39(54)27-26-36(47(60)61)33-20-11-6-12-21-33/h5-6,8-12,15-16,18-21,24-25,31,34,36-38,41-42H,4,7,13-14,17,22-23,26-30H2,1-3H3,(H,49,59)(H,50,57)(H,51,58)(H,52,54)(H,53,55)(H,60,61)/t36?,37?,38-,41-,42-/m0/s1. The van der Waals surface area contributed by atoms with E-state index in [-0.39, 0.29) is 44.1 Å². The molecule has 1 saturated carbocycles. The van der Waals surface area contributed by atoms with Crippen molar-refractivity contribution < 1.29 is 48.2 Å². The van der Waals surface area contributed by atoms with Gasteiger partial charge in [0.15, 0.2) is 6.04 Å². The Kier molecular flexibility index (Phi) is 20.0. The van der Waals surface area contributed by atoms with Crippen LogP contribution in [-0.2, 0) is 49.7 Å². The van der Waals surface area contributed by atoms with E-state index in [0.29, 0.717) is 30.4 Å². The Labute approximate surface area is 368 Å². The second-order valence-electron chi connectivity index (χ2n) is 16.4. The number of amides is 5. The summed E-state index contributed by atoms with van der Waals surface area (Å²) in [5, 5.41) is 23.0. The predicted octanol–water partition coefficient (Wildman–Crippen LogP) is 4.80. The van der Waals surface area contributed by atoms with Gasteiger partial charge in [-0.3, -0.25) is 33.6 Å². The van der Waals surface area contributed by atoms with Gasteiger partial charge in [0, 0.05) is 6.42 Å². The van der Waals surface area contributed by atoms with Gasteiger partial charge >= 0.3 is 11.9 Å². The van der Waals surface area contributed by atoms with Gasteiger partial charge in [-0.2, -0.15) is 0 Å². The zero-order valence-corrected chi connectivity index (χ0v) is 36.3. The van der Waals surface area contributed by atoms with Crippen molar-refractivity contribution in [2.24, 2.45) is 11.8 Å². The van der Waals surface area contributed by atoms with Crippen molar-refractivity contribution >= 4 is 47.3 Å². The maximum absolute atomic E-state index is 14.1. The molecule has 338 valence electrons. The number of benzene rings is 3. The molecule has 3 aromatic rings. The summed E-state index contributed by atoms with van der Waals surface area (Å²) in [7, 11) is 0. The minimum Gasteiger partial charge on any atom is -0.481 e. The highest BCUT2D eigenvalue weighted by molar-refractivity contribution is 6.38. The molecule has 1 fully saturated rings. The molecule has 0 radical (unpaired) electrons. The fourth-order valence-corrected chi connectivity index (χ4v) is 7.65. The van der Waals surface area contributed by atoms with Gasteiger partial charge in [-0.05, 0) is 60.6 Å².